The number of benzene rings is 2. The lowest BCUT2D eigenvalue weighted by Crippen LogP contribution is -2.59. The third-order valence-corrected chi connectivity index (χ3v) is 6.62. The third kappa shape index (κ3) is 2.97. The second-order valence-corrected chi connectivity index (χ2v) is 8.00. The lowest BCUT2D eigenvalue weighted by molar-refractivity contribution is -0.130. The van der Waals surface area contributed by atoms with E-state index in [1.54, 1.807) is 33.5 Å². The summed E-state index contributed by atoms with van der Waals surface area (Å²) >= 11 is 0. The number of nitrogens with zero attached hydrogens (tertiary/aromatic N) is 1. The van der Waals surface area contributed by atoms with Crippen molar-refractivity contribution in [3.05, 3.63) is 53.1 Å². The summed E-state index contributed by atoms with van der Waals surface area (Å²) in [7, 11) is 4.83. The van der Waals surface area contributed by atoms with Gasteiger partial charge in [0.1, 0.15) is 5.75 Å². The van der Waals surface area contributed by atoms with E-state index in [1.807, 2.05) is 24.3 Å². The number of carbonyl (C=O) groups is 1. The maximum atomic E-state index is 13.4. The molecule has 2 aliphatic rings. The number of amides is 1. The molecule has 0 bridgehead atoms. The number of hydrogen-bond acceptors (Lipinski definition) is 5. The second kappa shape index (κ2) is 7.56. The molecule has 1 fully saturated rings. The molecule has 1 aliphatic heterocycles. The number of piperidine rings is 1. The van der Waals surface area contributed by atoms with Gasteiger partial charge in [0.25, 0.3) is 0 Å². The molecular formula is C24H26N2O4. The molecule has 2 unspecified atom stereocenters. The fraction of sp³-hybridized carbons (Fsp3) is 0.417. The van der Waals surface area contributed by atoms with Gasteiger partial charge in [-0.25, -0.2) is 0 Å². The van der Waals surface area contributed by atoms with E-state index in [0.717, 1.165) is 30.4 Å². The first-order chi connectivity index (χ1) is 14.5. The molecule has 1 saturated heterocycles. The highest BCUT2D eigenvalue weighted by Gasteiger charge is 2.52. The van der Waals surface area contributed by atoms with Gasteiger partial charge in [-0.05, 0) is 73.1 Å². The van der Waals surface area contributed by atoms with Crippen LogP contribution in [0.3, 0.4) is 0 Å². The van der Waals surface area contributed by atoms with Gasteiger partial charge in [-0.15, -0.1) is 0 Å². The van der Waals surface area contributed by atoms with E-state index < -0.39 is 11.0 Å². The van der Waals surface area contributed by atoms with Crippen LogP contribution in [0.25, 0.3) is 0 Å². The van der Waals surface area contributed by atoms with Gasteiger partial charge in [0, 0.05) is 0 Å². The average molecular weight is 406 g/mol. The normalized spacial score (nSPS) is 25.1. The van der Waals surface area contributed by atoms with E-state index in [9.17, 15) is 10.1 Å². The Labute approximate surface area is 176 Å². The predicted molar refractivity (Wildman–Crippen MR) is 112 cm³/mol. The summed E-state index contributed by atoms with van der Waals surface area (Å²) in [6.45, 7) is 0. The molecule has 2 aromatic carbocycles. The first kappa shape index (κ1) is 20.1. The van der Waals surface area contributed by atoms with Crippen LogP contribution in [0.1, 0.15) is 42.4 Å². The van der Waals surface area contributed by atoms with Crippen LogP contribution in [0.2, 0.25) is 0 Å². The molecule has 156 valence electrons. The minimum absolute atomic E-state index is 0.246. The molecule has 0 saturated carbocycles. The summed E-state index contributed by atoms with van der Waals surface area (Å²) in [5.41, 5.74) is 1.23. The van der Waals surface area contributed by atoms with Crippen molar-refractivity contribution >= 4 is 5.91 Å². The maximum Gasteiger partial charge on any atom is 0.245 e. The van der Waals surface area contributed by atoms with Gasteiger partial charge >= 0.3 is 0 Å². The topological polar surface area (TPSA) is 80.6 Å². The van der Waals surface area contributed by atoms with E-state index in [0.29, 0.717) is 35.7 Å². The van der Waals surface area contributed by atoms with Crippen molar-refractivity contribution in [1.29, 1.82) is 5.26 Å². The minimum Gasteiger partial charge on any atom is -0.497 e. The number of aryl methyl sites for hydroxylation is 1. The molecule has 6 heteroatoms. The number of methoxy groups -OCH3 is 3. The van der Waals surface area contributed by atoms with Gasteiger partial charge in [-0.2, -0.15) is 5.26 Å². The maximum absolute atomic E-state index is 13.4. The van der Waals surface area contributed by atoms with Crippen LogP contribution >= 0.6 is 0 Å². The number of hydrogen-bond donors (Lipinski definition) is 1. The number of carbonyl (C=O) groups excluding carboxylic acids is 1. The lowest BCUT2D eigenvalue weighted by atomic mass is 9.65. The molecular weight excluding hydrogens is 380 g/mol. The molecule has 1 heterocycles. The molecule has 1 amide bonds. The fourth-order valence-electron chi connectivity index (χ4n) is 4.90. The van der Waals surface area contributed by atoms with E-state index >= 15 is 0 Å². The van der Waals surface area contributed by atoms with Gasteiger partial charge in [-0.3, -0.25) is 4.79 Å². The standard InChI is InChI=1S/C24H26N2O4/c1-28-18-8-6-17(7-9-18)23(15-25)11-12-24(26-22(23)27)10-4-5-16-13-20(29-2)21(30-3)14-19(16)24/h6-9,13-14H,4-5,10-12H2,1-3H3,(H,26,27). The third-order valence-electron chi connectivity index (χ3n) is 6.62. The summed E-state index contributed by atoms with van der Waals surface area (Å²) in [4.78, 5) is 13.4. The monoisotopic (exact) mass is 406 g/mol. The Morgan fingerprint density at radius 3 is 2.27 bits per heavy atom. The minimum atomic E-state index is -1.20. The SMILES string of the molecule is COc1ccc(C2(C#N)CCC3(CCCc4cc(OC)c(OC)cc43)NC2=O)cc1. The Hall–Kier alpha value is -3.20. The molecule has 0 aromatic heterocycles. The van der Waals surface area contributed by atoms with Crippen LogP contribution in [0, 0.1) is 11.3 Å². The number of ether oxygens (including phenoxy) is 3. The lowest BCUT2D eigenvalue weighted by Gasteiger charge is -2.47. The van der Waals surface area contributed by atoms with Crippen molar-refractivity contribution in [1.82, 2.24) is 5.32 Å². The average Bonchev–Trinajstić information content (AvgIpc) is 2.79. The van der Waals surface area contributed by atoms with Crippen molar-refractivity contribution in [2.45, 2.75) is 43.1 Å². The van der Waals surface area contributed by atoms with Crippen molar-refractivity contribution < 1.29 is 19.0 Å². The van der Waals surface area contributed by atoms with E-state index in [2.05, 4.69) is 11.4 Å². The Morgan fingerprint density at radius 1 is 0.967 bits per heavy atom. The van der Waals surface area contributed by atoms with Crippen LogP contribution < -0.4 is 19.5 Å². The Morgan fingerprint density at radius 2 is 1.67 bits per heavy atom. The van der Waals surface area contributed by atoms with Gasteiger partial charge < -0.3 is 19.5 Å². The molecule has 1 aliphatic carbocycles. The van der Waals surface area contributed by atoms with E-state index in [4.69, 9.17) is 14.2 Å². The molecule has 2 atom stereocenters. The van der Waals surface area contributed by atoms with Gasteiger partial charge in [-0.1, -0.05) is 12.1 Å². The van der Waals surface area contributed by atoms with Gasteiger partial charge in [0.15, 0.2) is 16.9 Å². The molecule has 6 nitrogen and oxygen atoms in total. The molecule has 2 aromatic rings. The van der Waals surface area contributed by atoms with E-state index in [-0.39, 0.29) is 5.91 Å². The summed E-state index contributed by atoms with van der Waals surface area (Å²) in [5.74, 6) is 1.80. The Bertz CT molecular complexity index is 1010. The van der Waals surface area contributed by atoms with Crippen LogP contribution in [0.5, 0.6) is 17.2 Å². The van der Waals surface area contributed by atoms with Crippen LogP contribution in [-0.4, -0.2) is 27.2 Å². The fourth-order valence-corrected chi connectivity index (χ4v) is 4.90. The first-order valence-electron chi connectivity index (χ1n) is 10.2. The highest BCUT2D eigenvalue weighted by Crippen LogP contribution is 2.48. The molecule has 0 radical (unpaired) electrons. The quantitative estimate of drug-likeness (QED) is 0.839. The number of rotatable bonds is 4. The van der Waals surface area contributed by atoms with Crippen LogP contribution in [0.15, 0.2) is 36.4 Å². The van der Waals surface area contributed by atoms with Crippen LogP contribution in [0.4, 0.5) is 0 Å². The first-order valence-corrected chi connectivity index (χ1v) is 10.2. The summed E-state index contributed by atoms with van der Waals surface area (Å²) in [6.07, 6.45) is 3.86. The predicted octanol–water partition coefficient (Wildman–Crippen LogP) is 3.62. The summed E-state index contributed by atoms with van der Waals surface area (Å²) in [6, 6.07) is 13.5. The Balaban J connectivity index is 1.72. The van der Waals surface area contributed by atoms with Crippen molar-refractivity contribution in [3.8, 4) is 23.3 Å². The van der Waals surface area contributed by atoms with Crippen molar-refractivity contribution in [2.24, 2.45) is 0 Å². The Kier molecular flexibility index (Phi) is 5.07. The highest BCUT2D eigenvalue weighted by atomic mass is 16.5. The van der Waals surface area contributed by atoms with E-state index in [1.165, 1.54) is 0 Å². The molecule has 30 heavy (non-hydrogen) atoms. The number of fused-ring (bicyclic) bond motifs is 2. The smallest absolute Gasteiger partial charge is 0.245 e. The zero-order valence-corrected chi connectivity index (χ0v) is 17.6. The van der Waals surface area contributed by atoms with Crippen molar-refractivity contribution in [2.75, 3.05) is 21.3 Å². The largest absolute Gasteiger partial charge is 0.497 e. The summed E-state index contributed by atoms with van der Waals surface area (Å²) < 4.78 is 16.2. The highest BCUT2D eigenvalue weighted by molar-refractivity contribution is 5.93. The second-order valence-electron chi connectivity index (χ2n) is 8.00. The van der Waals surface area contributed by atoms with Crippen LogP contribution in [-0.2, 0) is 22.2 Å². The van der Waals surface area contributed by atoms with Gasteiger partial charge in [0.2, 0.25) is 5.91 Å². The summed E-state index contributed by atoms with van der Waals surface area (Å²) in [5, 5.41) is 13.3. The zero-order valence-electron chi connectivity index (χ0n) is 17.6. The molecule has 1 N–H and O–H groups in total. The van der Waals surface area contributed by atoms with Crippen molar-refractivity contribution in [3.63, 3.8) is 0 Å². The zero-order chi connectivity index (χ0) is 21.4. The number of nitrogens with one attached hydrogen (secondary N) is 1. The van der Waals surface area contributed by atoms with Gasteiger partial charge in [0.05, 0.1) is 32.9 Å². The number of nitriles is 1. The molecule has 1 spiro atoms. The molecule has 4 rings (SSSR count).